The van der Waals surface area contributed by atoms with E-state index in [9.17, 15) is 4.79 Å². The number of carbonyl (C=O) groups is 1. The Morgan fingerprint density at radius 2 is 2.13 bits per heavy atom. The number of nitrogens with zero attached hydrogens (tertiary/aromatic N) is 1. The van der Waals surface area contributed by atoms with Crippen LogP contribution in [-0.4, -0.2) is 23.3 Å². The summed E-state index contributed by atoms with van der Waals surface area (Å²) in [6.45, 7) is 6.52. The monoisotopic (exact) mass is 327 g/mol. The van der Waals surface area contributed by atoms with Gasteiger partial charge in [-0.3, -0.25) is 4.79 Å². The second kappa shape index (κ2) is 4.93. The Morgan fingerprint density at radius 1 is 1.30 bits per heavy atom. The lowest BCUT2D eigenvalue weighted by Gasteiger charge is -2.18. The van der Waals surface area contributed by atoms with Crippen LogP contribution in [0.3, 0.4) is 0 Å². The van der Waals surface area contributed by atoms with Crippen LogP contribution >= 0.6 is 11.3 Å². The molecule has 23 heavy (non-hydrogen) atoms. The highest BCUT2D eigenvalue weighted by atomic mass is 32.1. The van der Waals surface area contributed by atoms with Gasteiger partial charge in [0.25, 0.3) is 0 Å². The standard InChI is InChI=1S/C18H17NO3S/c1-10-18(2,3)19-17(22-10)11-4-5-14-13(8-11)15(20)16-12(9-21-14)6-7-23-16/h4-8,10H,9H2,1-3H3. The van der Waals surface area contributed by atoms with E-state index >= 15 is 0 Å². The largest absolute Gasteiger partial charge is 0.488 e. The first kappa shape index (κ1) is 14.5. The summed E-state index contributed by atoms with van der Waals surface area (Å²) < 4.78 is 11.7. The van der Waals surface area contributed by atoms with Gasteiger partial charge in [-0.05, 0) is 50.4 Å². The normalized spacial score (nSPS) is 21.6. The number of ether oxygens (including phenoxy) is 2. The van der Waals surface area contributed by atoms with E-state index in [4.69, 9.17) is 9.47 Å². The van der Waals surface area contributed by atoms with Crippen LogP contribution in [-0.2, 0) is 11.3 Å². The lowest BCUT2D eigenvalue weighted by molar-refractivity contribution is 0.104. The van der Waals surface area contributed by atoms with E-state index in [2.05, 4.69) is 4.99 Å². The van der Waals surface area contributed by atoms with Crippen molar-refractivity contribution in [1.29, 1.82) is 0 Å². The fourth-order valence-electron chi connectivity index (χ4n) is 2.72. The number of rotatable bonds is 1. The summed E-state index contributed by atoms with van der Waals surface area (Å²) in [6.07, 6.45) is 0.00663. The molecule has 118 valence electrons. The molecule has 5 heteroatoms. The van der Waals surface area contributed by atoms with Crippen LogP contribution < -0.4 is 4.74 Å². The topological polar surface area (TPSA) is 47.9 Å². The number of fused-ring (bicyclic) bond motifs is 2. The van der Waals surface area contributed by atoms with Crippen molar-refractivity contribution in [1.82, 2.24) is 0 Å². The van der Waals surface area contributed by atoms with Crippen molar-refractivity contribution < 1.29 is 14.3 Å². The summed E-state index contributed by atoms with van der Waals surface area (Å²) >= 11 is 1.46. The van der Waals surface area contributed by atoms with Crippen molar-refractivity contribution in [2.75, 3.05) is 0 Å². The summed E-state index contributed by atoms with van der Waals surface area (Å²) in [5.41, 5.74) is 2.08. The zero-order valence-corrected chi connectivity index (χ0v) is 14.1. The molecule has 2 aliphatic heterocycles. The number of hydrogen-bond acceptors (Lipinski definition) is 5. The molecule has 1 atom stereocenters. The second-order valence-electron chi connectivity index (χ2n) is 6.43. The van der Waals surface area contributed by atoms with Crippen LogP contribution in [0, 0.1) is 0 Å². The van der Waals surface area contributed by atoms with Crippen LogP contribution in [0.5, 0.6) is 5.75 Å². The van der Waals surface area contributed by atoms with Crippen LogP contribution in [0.25, 0.3) is 0 Å². The number of benzene rings is 1. The molecule has 3 heterocycles. The molecule has 0 amide bonds. The van der Waals surface area contributed by atoms with E-state index in [0.717, 1.165) is 16.0 Å². The predicted octanol–water partition coefficient (Wildman–Crippen LogP) is 3.82. The van der Waals surface area contributed by atoms with Gasteiger partial charge in [-0.2, -0.15) is 0 Å². The molecule has 1 aromatic carbocycles. The minimum absolute atomic E-state index is 0.00663. The zero-order valence-electron chi connectivity index (χ0n) is 13.3. The van der Waals surface area contributed by atoms with Crippen molar-refractivity contribution in [3.05, 3.63) is 51.2 Å². The smallest absolute Gasteiger partial charge is 0.217 e. The van der Waals surface area contributed by atoms with Crippen molar-refractivity contribution in [3.63, 3.8) is 0 Å². The average molecular weight is 327 g/mol. The van der Waals surface area contributed by atoms with Gasteiger partial charge in [0.15, 0.2) is 0 Å². The first-order valence-electron chi connectivity index (χ1n) is 7.60. The van der Waals surface area contributed by atoms with Crippen molar-refractivity contribution >= 4 is 23.0 Å². The van der Waals surface area contributed by atoms with Gasteiger partial charge in [-0.25, -0.2) is 4.99 Å². The van der Waals surface area contributed by atoms with Gasteiger partial charge in [0.05, 0.1) is 16.0 Å². The van der Waals surface area contributed by atoms with E-state index in [1.54, 1.807) is 0 Å². The summed E-state index contributed by atoms with van der Waals surface area (Å²) in [7, 11) is 0. The van der Waals surface area contributed by atoms with Gasteiger partial charge in [-0.15, -0.1) is 11.3 Å². The zero-order chi connectivity index (χ0) is 16.2. The number of hydrogen-bond donors (Lipinski definition) is 0. The Kier molecular flexibility index (Phi) is 3.10. The van der Waals surface area contributed by atoms with Gasteiger partial charge in [0.2, 0.25) is 11.7 Å². The first-order valence-corrected chi connectivity index (χ1v) is 8.48. The molecule has 2 aromatic rings. The van der Waals surface area contributed by atoms with Crippen LogP contribution in [0.15, 0.2) is 34.6 Å². The SMILES string of the molecule is CC1OC(c2ccc3c(c2)C(=O)c2sccc2CO3)=NC1(C)C. The summed E-state index contributed by atoms with van der Waals surface area (Å²) in [6, 6.07) is 7.51. The Morgan fingerprint density at radius 3 is 2.87 bits per heavy atom. The lowest BCUT2D eigenvalue weighted by atomic mass is 10.0. The number of ketones is 1. The van der Waals surface area contributed by atoms with Gasteiger partial charge in [0, 0.05) is 11.1 Å². The van der Waals surface area contributed by atoms with Crippen LogP contribution in [0.4, 0.5) is 0 Å². The van der Waals surface area contributed by atoms with Gasteiger partial charge in [0.1, 0.15) is 18.5 Å². The van der Waals surface area contributed by atoms with Crippen LogP contribution in [0.1, 0.15) is 47.1 Å². The van der Waals surface area contributed by atoms with Crippen LogP contribution in [0.2, 0.25) is 0 Å². The summed E-state index contributed by atoms with van der Waals surface area (Å²) in [5.74, 6) is 1.22. The van der Waals surface area contributed by atoms with E-state index < -0.39 is 0 Å². The molecular weight excluding hydrogens is 310 g/mol. The molecule has 0 bridgehead atoms. The molecule has 0 saturated heterocycles. The first-order chi connectivity index (χ1) is 11.0. The number of carbonyl (C=O) groups excluding carboxylic acids is 1. The third-order valence-corrected chi connectivity index (χ3v) is 5.44. The fourth-order valence-corrected chi connectivity index (χ4v) is 3.58. The number of thiophene rings is 1. The fraction of sp³-hybridized carbons (Fsp3) is 0.333. The van der Waals surface area contributed by atoms with Gasteiger partial charge in [-0.1, -0.05) is 0 Å². The van der Waals surface area contributed by atoms with Gasteiger partial charge >= 0.3 is 0 Å². The molecule has 2 aliphatic rings. The van der Waals surface area contributed by atoms with E-state index in [-0.39, 0.29) is 17.4 Å². The summed E-state index contributed by atoms with van der Waals surface area (Å²) in [4.78, 5) is 18.2. The van der Waals surface area contributed by atoms with E-state index in [0.29, 0.717) is 23.8 Å². The molecule has 1 aromatic heterocycles. The Balaban J connectivity index is 1.78. The molecule has 0 radical (unpaired) electrons. The molecule has 1 unspecified atom stereocenters. The minimum Gasteiger partial charge on any atom is -0.488 e. The number of aliphatic imine (C=N–C) groups is 1. The Bertz CT molecular complexity index is 835. The molecule has 0 N–H and O–H groups in total. The maximum absolute atomic E-state index is 12.8. The Labute approximate surface area is 138 Å². The van der Waals surface area contributed by atoms with Crippen molar-refractivity contribution in [2.24, 2.45) is 4.99 Å². The van der Waals surface area contributed by atoms with Crippen molar-refractivity contribution in [2.45, 2.75) is 39.0 Å². The second-order valence-corrected chi connectivity index (χ2v) is 7.35. The average Bonchev–Trinajstić information content (AvgIpc) is 3.06. The molecule has 0 spiro atoms. The summed E-state index contributed by atoms with van der Waals surface area (Å²) in [5, 5.41) is 1.93. The maximum atomic E-state index is 12.8. The predicted molar refractivity (Wildman–Crippen MR) is 89.7 cm³/mol. The third-order valence-electron chi connectivity index (χ3n) is 4.48. The van der Waals surface area contributed by atoms with Gasteiger partial charge < -0.3 is 9.47 Å². The highest BCUT2D eigenvalue weighted by Crippen LogP contribution is 2.33. The maximum Gasteiger partial charge on any atom is 0.217 e. The minimum atomic E-state index is -0.260. The van der Waals surface area contributed by atoms with E-state index in [1.165, 1.54) is 11.3 Å². The molecule has 0 aliphatic carbocycles. The third kappa shape index (κ3) is 2.27. The molecule has 0 fully saturated rings. The van der Waals surface area contributed by atoms with E-state index in [1.807, 2.05) is 50.4 Å². The molecule has 4 nitrogen and oxygen atoms in total. The molecular formula is C18H17NO3S. The Hall–Kier alpha value is -2.14. The van der Waals surface area contributed by atoms with Crippen molar-refractivity contribution in [3.8, 4) is 5.75 Å². The molecule has 0 saturated carbocycles. The lowest BCUT2D eigenvalue weighted by Crippen LogP contribution is -2.28. The quantitative estimate of drug-likeness (QED) is 0.800. The highest BCUT2D eigenvalue weighted by Gasteiger charge is 2.35. The molecule has 4 rings (SSSR count). The highest BCUT2D eigenvalue weighted by molar-refractivity contribution is 7.12.